The van der Waals surface area contributed by atoms with Gasteiger partial charge in [0.2, 0.25) is 0 Å². The highest BCUT2D eigenvalue weighted by atomic mass is 32.2. The topological polar surface area (TPSA) is 107 Å². The molecule has 0 bridgehead atoms. The van der Waals surface area contributed by atoms with Gasteiger partial charge in [0.1, 0.15) is 29.4 Å². The van der Waals surface area contributed by atoms with E-state index in [0.29, 0.717) is 39.8 Å². The van der Waals surface area contributed by atoms with Crippen molar-refractivity contribution in [2.45, 2.75) is 23.8 Å². The number of rotatable bonds is 4. The molecule has 0 amide bonds. The monoisotopic (exact) mass is 477 g/mol. The summed E-state index contributed by atoms with van der Waals surface area (Å²) in [4.78, 5) is 28.1. The maximum absolute atomic E-state index is 14.5. The molecule has 34 heavy (non-hydrogen) atoms. The van der Waals surface area contributed by atoms with E-state index in [1.54, 1.807) is 24.6 Å². The second-order valence-corrected chi connectivity index (χ2v) is 9.52. The molecule has 4 aromatic heterocycles. The molecule has 0 unspecified atom stereocenters. The number of aromatic nitrogens is 6. The molecule has 1 aromatic carbocycles. The van der Waals surface area contributed by atoms with Gasteiger partial charge in [-0.05, 0) is 42.2 Å². The molecule has 1 fully saturated rings. The SMILES string of the molecule is C[S@@+]([O-])c1c[nH]c2ncnc(N3CCC[C@H]3c3nn4ccc(F)c4c(=O)n3-c3ccccc3)c12. The maximum atomic E-state index is 14.5. The Balaban J connectivity index is 1.59. The van der Waals surface area contributed by atoms with Gasteiger partial charge in [-0.2, -0.15) is 5.10 Å². The highest BCUT2D eigenvalue weighted by molar-refractivity contribution is 7.91. The van der Waals surface area contributed by atoms with Crippen LogP contribution in [0.25, 0.3) is 22.2 Å². The molecule has 1 N–H and O–H groups in total. The normalized spacial score (nSPS) is 17.1. The van der Waals surface area contributed by atoms with Gasteiger partial charge in [-0.1, -0.05) is 18.2 Å². The van der Waals surface area contributed by atoms with Gasteiger partial charge in [0, 0.05) is 12.7 Å². The fourth-order valence-electron chi connectivity index (χ4n) is 4.74. The zero-order valence-corrected chi connectivity index (χ0v) is 19.0. The van der Waals surface area contributed by atoms with Crippen molar-refractivity contribution in [3.05, 3.63) is 77.1 Å². The Hall–Kier alpha value is -3.70. The summed E-state index contributed by atoms with van der Waals surface area (Å²) >= 11 is -1.25. The molecule has 5 aromatic rings. The number of nitrogens with zero attached hydrogens (tertiary/aromatic N) is 6. The van der Waals surface area contributed by atoms with E-state index < -0.39 is 22.6 Å². The van der Waals surface area contributed by atoms with Crippen molar-refractivity contribution in [2.75, 3.05) is 17.7 Å². The lowest BCUT2D eigenvalue weighted by Gasteiger charge is -2.27. The van der Waals surface area contributed by atoms with Gasteiger partial charge < -0.3 is 14.4 Å². The Morgan fingerprint density at radius 3 is 2.82 bits per heavy atom. The number of halogens is 1. The van der Waals surface area contributed by atoms with E-state index in [9.17, 15) is 13.7 Å². The second kappa shape index (κ2) is 7.96. The van der Waals surface area contributed by atoms with Crippen molar-refractivity contribution in [2.24, 2.45) is 0 Å². The lowest BCUT2D eigenvalue weighted by atomic mass is 10.2. The van der Waals surface area contributed by atoms with Crippen LogP contribution in [-0.4, -0.2) is 46.5 Å². The number of hydrogen-bond acceptors (Lipinski definition) is 6. The number of hydrogen-bond donors (Lipinski definition) is 1. The van der Waals surface area contributed by atoms with E-state index in [2.05, 4.69) is 19.9 Å². The van der Waals surface area contributed by atoms with E-state index in [-0.39, 0.29) is 11.6 Å². The van der Waals surface area contributed by atoms with E-state index in [4.69, 9.17) is 5.10 Å². The first-order valence-corrected chi connectivity index (χ1v) is 12.4. The summed E-state index contributed by atoms with van der Waals surface area (Å²) in [6.07, 6.45) is 7.79. The molecule has 9 nitrogen and oxygen atoms in total. The summed E-state index contributed by atoms with van der Waals surface area (Å²) in [5.41, 5.74) is 0.623. The summed E-state index contributed by atoms with van der Waals surface area (Å²) < 4.78 is 29.7. The summed E-state index contributed by atoms with van der Waals surface area (Å²) in [5.74, 6) is 0.502. The molecule has 0 aliphatic carbocycles. The zero-order valence-electron chi connectivity index (χ0n) is 18.2. The fraction of sp³-hybridized carbons (Fsp3) is 0.217. The predicted molar refractivity (Wildman–Crippen MR) is 126 cm³/mol. The minimum absolute atomic E-state index is 0.101. The summed E-state index contributed by atoms with van der Waals surface area (Å²) in [6, 6.07) is 10.0. The Morgan fingerprint density at radius 1 is 1.21 bits per heavy atom. The average molecular weight is 478 g/mol. The van der Waals surface area contributed by atoms with Crippen molar-refractivity contribution in [3.8, 4) is 5.69 Å². The highest BCUT2D eigenvalue weighted by Gasteiger charge is 2.35. The maximum Gasteiger partial charge on any atom is 0.285 e. The number of benzene rings is 1. The Labute approximate surface area is 196 Å². The second-order valence-electron chi connectivity index (χ2n) is 8.17. The molecule has 6 rings (SSSR count). The number of para-hydroxylation sites is 1. The molecule has 0 radical (unpaired) electrons. The van der Waals surface area contributed by atoms with Gasteiger partial charge in [-0.3, -0.25) is 9.36 Å². The molecular weight excluding hydrogens is 457 g/mol. The molecule has 1 saturated heterocycles. The summed E-state index contributed by atoms with van der Waals surface area (Å²) in [5, 5.41) is 5.39. The number of nitrogens with one attached hydrogen (secondary N) is 1. The van der Waals surface area contributed by atoms with Crippen LogP contribution in [0, 0.1) is 5.82 Å². The van der Waals surface area contributed by atoms with Gasteiger partial charge in [0.05, 0.1) is 17.9 Å². The van der Waals surface area contributed by atoms with Crippen molar-refractivity contribution in [3.63, 3.8) is 0 Å². The largest absolute Gasteiger partial charge is 0.612 e. The molecule has 0 spiro atoms. The quantitative estimate of drug-likeness (QED) is 0.399. The van der Waals surface area contributed by atoms with E-state index in [0.717, 1.165) is 12.8 Å². The van der Waals surface area contributed by atoms with Crippen LogP contribution >= 0.6 is 0 Å². The Morgan fingerprint density at radius 2 is 2.03 bits per heavy atom. The minimum Gasteiger partial charge on any atom is -0.612 e. The van der Waals surface area contributed by atoms with E-state index in [1.807, 2.05) is 18.2 Å². The summed E-state index contributed by atoms with van der Waals surface area (Å²) in [6.45, 7) is 0.667. The highest BCUT2D eigenvalue weighted by Crippen LogP contribution is 2.39. The smallest absolute Gasteiger partial charge is 0.285 e. The third-order valence-corrected chi connectivity index (χ3v) is 7.16. The van der Waals surface area contributed by atoms with Crippen LogP contribution in [0.3, 0.4) is 0 Å². The summed E-state index contributed by atoms with van der Waals surface area (Å²) in [7, 11) is 0. The number of aromatic amines is 1. The number of fused-ring (bicyclic) bond motifs is 2. The van der Waals surface area contributed by atoms with Crippen LogP contribution in [0.1, 0.15) is 24.7 Å². The van der Waals surface area contributed by atoms with Crippen molar-refractivity contribution >= 4 is 33.5 Å². The lowest BCUT2D eigenvalue weighted by Crippen LogP contribution is -2.33. The van der Waals surface area contributed by atoms with Crippen LogP contribution < -0.4 is 10.5 Å². The number of H-pyrrole nitrogens is 1. The van der Waals surface area contributed by atoms with Gasteiger partial charge in [0.25, 0.3) is 5.56 Å². The van der Waals surface area contributed by atoms with Crippen molar-refractivity contribution in [1.29, 1.82) is 0 Å². The van der Waals surface area contributed by atoms with Gasteiger partial charge in [-0.25, -0.2) is 18.9 Å². The zero-order chi connectivity index (χ0) is 23.4. The molecule has 2 atom stereocenters. The first-order valence-electron chi connectivity index (χ1n) is 10.8. The molecule has 172 valence electrons. The van der Waals surface area contributed by atoms with E-state index in [1.165, 1.54) is 27.7 Å². The van der Waals surface area contributed by atoms with Gasteiger partial charge >= 0.3 is 0 Å². The van der Waals surface area contributed by atoms with Gasteiger partial charge in [0.15, 0.2) is 22.1 Å². The van der Waals surface area contributed by atoms with Crippen molar-refractivity contribution in [1.82, 2.24) is 29.1 Å². The lowest BCUT2D eigenvalue weighted by molar-refractivity contribution is 0.593. The first-order chi connectivity index (χ1) is 16.5. The molecule has 11 heteroatoms. The average Bonchev–Trinajstić information content (AvgIpc) is 3.57. The Bertz CT molecular complexity index is 1580. The van der Waals surface area contributed by atoms with E-state index >= 15 is 0 Å². The van der Waals surface area contributed by atoms with Crippen LogP contribution in [0.4, 0.5) is 10.2 Å². The van der Waals surface area contributed by atoms with Crippen LogP contribution in [0.5, 0.6) is 0 Å². The van der Waals surface area contributed by atoms with Crippen molar-refractivity contribution < 1.29 is 8.94 Å². The third-order valence-electron chi connectivity index (χ3n) is 6.22. The molecule has 1 aliphatic heterocycles. The van der Waals surface area contributed by atoms with Crippen LogP contribution in [0.15, 0.2) is 64.8 Å². The molecular formula is C23H20FN7O2S. The molecule has 0 saturated carbocycles. The fourth-order valence-corrected chi connectivity index (χ4v) is 5.44. The first kappa shape index (κ1) is 20.9. The predicted octanol–water partition coefficient (Wildman–Crippen LogP) is 2.97. The van der Waals surface area contributed by atoms with Gasteiger partial charge in [-0.15, -0.1) is 0 Å². The Kier molecular flexibility index (Phi) is 4.89. The molecule has 5 heterocycles. The van der Waals surface area contributed by atoms with Crippen LogP contribution in [0.2, 0.25) is 0 Å². The minimum atomic E-state index is -1.25. The third kappa shape index (κ3) is 3.11. The standard InChI is InChI=1S/C23H20FN7O2S/c1-34(33)17-12-25-20-18(17)22(27-13-26-20)29-10-5-8-16(29)21-28-30-11-9-15(24)19(30)23(32)31(21)14-6-3-2-4-7-14/h2-4,6-7,9,11-13,16H,5,8,10H2,1H3,(H,25,26,27)/t16-,34+/m0/s1. The van der Waals surface area contributed by atoms with Crippen LogP contribution in [-0.2, 0) is 11.2 Å². The number of anilines is 1. The molecule has 1 aliphatic rings.